The molecule has 88 valence electrons. The number of nitrogens with zero attached hydrogens (tertiary/aromatic N) is 3. The molecule has 1 heterocycles. The zero-order chi connectivity index (χ0) is 12.1. The van der Waals surface area contributed by atoms with Crippen molar-refractivity contribution in [1.29, 1.82) is 0 Å². The molecule has 1 rings (SSSR count). The summed E-state index contributed by atoms with van der Waals surface area (Å²) in [4.78, 5) is 15.4. The molecular weight excluding hydrogens is 272 g/mol. The highest BCUT2D eigenvalue weighted by Gasteiger charge is 2.12. The van der Waals surface area contributed by atoms with Gasteiger partial charge >= 0.3 is 0 Å². The van der Waals surface area contributed by atoms with Crippen LogP contribution in [0.5, 0.6) is 0 Å². The van der Waals surface area contributed by atoms with Gasteiger partial charge in [0.25, 0.3) is 0 Å². The van der Waals surface area contributed by atoms with E-state index in [9.17, 15) is 4.79 Å². The number of rotatable bonds is 4. The minimum atomic E-state index is -0.271. The second kappa shape index (κ2) is 5.89. The predicted octanol–water partition coefficient (Wildman–Crippen LogP) is 1.72. The Kier molecular flexibility index (Phi) is 4.79. The van der Waals surface area contributed by atoms with Gasteiger partial charge in [-0.15, -0.1) is 10.2 Å². The second-order valence-corrected chi connectivity index (χ2v) is 4.71. The summed E-state index contributed by atoms with van der Waals surface area (Å²) >= 11 is 3.17. The number of carbonyl (C=O) groups is 1. The van der Waals surface area contributed by atoms with Crippen LogP contribution in [0.3, 0.4) is 0 Å². The molecule has 0 aliphatic carbocycles. The summed E-state index contributed by atoms with van der Waals surface area (Å²) in [5.41, 5.74) is 1.77. The molecule has 0 fully saturated rings. The molecule has 5 nitrogen and oxygen atoms in total. The van der Waals surface area contributed by atoms with Crippen molar-refractivity contribution in [1.82, 2.24) is 15.2 Å². The molecule has 0 bridgehead atoms. The van der Waals surface area contributed by atoms with Crippen LogP contribution in [0.4, 0.5) is 5.95 Å². The van der Waals surface area contributed by atoms with Gasteiger partial charge in [-0.1, -0.05) is 29.8 Å². The monoisotopic (exact) mass is 286 g/mol. The minimum Gasteiger partial charge on any atom is -0.292 e. The van der Waals surface area contributed by atoms with Gasteiger partial charge < -0.3 is 0 Å². The van der Waals surface area contributed by atoms with E-state index in [1.54, 1.807) is 6.92 Å². The second-order valence-electron chi connectivity index (χ2n) is 3.34. The van der Waals surface area contributed by atoms with Crippen LogP contribution in [-0.4, -0.2) is 25.9 Å². The van der Waals surface area contributed by atoms with Gasteiger partial charge in [0, 0.05) is 0 Å². The maximum absolute atomic E-state index is 11.4. The van der Waals surface area contributed by atoms with Crippen LogP contribution < -0.4 is 5.32 Å². The van der Waals surface area contributed by atoms with Crippen molar-refractivity contribution in [3.63, 3.8) is 0 Å². The van der Waals surface area contributed by atoms with Gasteiger partial charge in [-0.3, -0.25) is 10.1 Å². The summed E-state index contributed by atoms with van der Waals surface area (Å²) < 4.78 is 0. The lowest BCUT2D eigenvalue weighted by Crippen LogP contribution is -2.22. The molecule has 0 spiro atoms. The standard InChI is InChI=1S/C10H15BrN4O/c1-4-7-8(5-2)14-15-10(12-7)13-9(16)6(3)11/h6H,4-5H2,1-3H3,(H,12,13,15,16). The summed E-state index contributed by atoms with van der Waals surface area (Å²) in [5.74, 6) is 0.0958. The smallest absolute Gasteiger partial charge is 0.249 e. The predicted molar refractivity (Wildman–Crippen MR) is 65.6 cm³/mol. The average Bonchev–Trinajstić information content (AvgIpc) is 2.28. The first-order valence-electron chi connectivity index (χ1n) is 5.25. The van der Waals surface area contributed by atoms with E-state index < -0.39 is 0 Å². The first kappa shape index (κ1) is 13.0. The fraction of sp³-hybridized carbons (Fsp3) is 0.600. The lowest BCUT2D eigenvalue weighted by Gasteiger charge is -2.07. The van der Waals surface area contributed by atoms with Gasteiger partial charge in [0.2, 0.25) is 11.9 Å². The highest BCUT2D eigenvalue weighted by atomic mass is 79.9. The molecule has 0 saturated heterocycles. The molecule has 1 amide bonds. The van der Waals surface area contributed by atoms with Crippen LogP contribution >= 0.6 is 15.9 Å². The summed E-state index contributed by atoms with van der Waals surface area (Å²) in [6, 6.07) is 0. The van der Waals surface area contributed by atoms with Crippen molar-refractivity contribution in [2.75, 3.05) is 5.32 Å². The van der Waals surface area contributed by atoms with Crippen molar-refractivity contribution in [3.05, 3.63) is 11.4 Å². The number of nitrogens with one attached hydrogen (secondary N) is 1. The number of amides is 1. The molecule has 1 atom stereocenters. The van der Waals surface area contributed by atoms with Crippen LogP contribution in [0.1, 0.15) is 32.2 Å². The van der Waals surface area contributed by atoms with Crippen molar-refractivity contribution >= 4 is 27.8 Å². The fourth-order valence-corrected chi connectivity index (χ4v) is 1.32. The van der Waals surface area contributed by atoms with Crippen molar-refractivity contribution in [3.8, 4) is 0 Å². The number of carbonyl (C=O) groups excluding carboxylic acids is 1. The lowest BCUT2D eigenvalue weighted by molar-refractivity contribution is -0.115. The highest BCUT2D eigenvalue weighted by Crippen LogP contribution is 2.08. The topological polar surface area (TPSA) is 67.8 Å². The average molecular weight is 287 g/mol. The van der Waals surface area contributed by atoms with E-state index in [0.717, 1.165) is 24.2 Å². The molecule has 1 N–H and O–H groups in total. The molecule has 0 aromatic carbocycles. The van der Waals surface area contributed by atoms with E-state index >= 15 is 0 Å². The first-order chi connectivity index (χ1) is 7.58. The van der Waals surface area contributed by atoms with Crippen molar-refractivity contribution < 1.29 is 4.79 Å². The third-order valence-electron chi connectivity index (χ3n) is 2.11. The van der Waals surface area contributed by atoms with Crippen molar-refractivity contribution in [2.24, 2.45) is 0 Å². The number of alkyl halides is 1. The number of hydrogen-bond acceptors (Lipinski definition) is 4. The van der Waals surface area contributed by atoms with Crippen molar-refractivity contribution in [2.45, 2.75) is 38.4 Å². The Morgan fingerprint density at radius 1 is 1.31 bits per heavy atom. The molecule has 1 unspecified atom stereocenters. The molecule has 0 radical (unpaired) electrons. The quantitative estimate of drug-likeness (QED) is 0.856. The van der Waals surface area contributed by atoms with Crippen LogP contribution in [0.25, 0.3) is 0 Å². The Balaban J connectivity index is 2.87. The summed E-state index contributed by atoms with van der Waals surface area (Å²) in [5, 5.41) is 10.5. The maximum atomic E-state index is 11.4. The van der Waals surface area contributed by atoms with Crippen LogP contribution in [0, 0.1) is 0 Å². The normalized spacial score (nSPS) is 12.2. The number of anilines is 1. The number of aromatic nitrogens is 3. The molecular formula is C10H15BrN4O. The van der Waals surface area contributed by atoms with Crippen LogP contribution in [0.15, 0.2) is 0 Å². The highest BCUT2D eigenvalue weighted by molar-refractivity contribution is 9.10. The molecule has 1 aromatic heterocycles. The first-order valence-corrected chi connectivity index (χ1v) is 6.17. The van der Waals surface area contributed by atoms with Gasteiger partial charge in [0.15, 0.2) is 0 Å². The fourth-order valence-electron chi connectivity index (χ4n) is 1.20. The number of hydrogen-bond donors (Lipinski definition) is 1. The van der Waals surface area contributed by atoms with Gasteiger partial charge in [-0.05, 0) is 19.8 Å². The van der Waals surface area contributed by atoms with Crippen LogP contribution in [0.2, 0.25) is 0 Å². The molecule has 0 aliphatic heterocycles. The summed E-state index contributed by atoms with van der Waals surface area (Å²) in [6.07, 6.45) is 1.58. The van der Waals surface area contributed by atoms with Gasteiger partial charge in [-0.25, -0.2) is 4.98 Å². The van der Waals surface area contributed by atoms with Crippen LogP contribution in [-0.2, 0) is 17.6 Å². The van der Waals surface area contributed by atoms with E-state index in [2.05, 4.69) is 36.4 Å². The zero-order valence-corrected chi connectivity index (χ0v) is 11.2. The Morgan fingerprint density at radius 2 is 1.94 bits per heavy atom. The third kappa shape index (κ3) is 3.23. The van der Waals surface area contributed by atoms with E-state index in [-0.39, 0.29) is 16.7 Å². The SMILES string of the molecule is CCc1nnc(NC(=O)C(C)Br)nc1CC. The Morgan fingerprint density at radius 3 is 2.44 bits per heavy atom. The van der Waals surface area contributed by atoms with E-state index in [4.69, 9.17) is 0 Å². The molecule has 0 aliphatic rings. The molecule has 16 heavy (non-hydrogen) atoms. The van der Waals surface area contributed by atoms with E-state index in [1.165, 1.54) is 0 Å². The number of halogens is 1. The zero-order valence-electron chi connectivity index (χ0n) is 9.62. The van der Waals surface area contributed by atoms with Gasteiger partial charge in [0.1, 0.15) is 0 Å². The summed E-state index contributed by atoms with van der Waals surface area (Å²) in [7, 11) is 0. The number of aryl methyl sites for hydroxylation is 2. The third-order valence-corrected chi connectivity index (χ3v) is 2.52. The maximum Gasteiger partial charge on any atom is 0.249 e. The van der Waals surface area contributed by atoms with E-state index in [0.29, 0.717) is 0 Å². The Hall–Kier alpha value is -1.04. The lowest BCUT2D eigenvalue weighted by atomic mass is 10.2. The van der Waals surface area contributed by atoms with E-state index in [1.807, 2.05) is 13.8 Å². The Labute approximate surface area is 103 Å². The molecule has 1 aromatic rings. The molecule has 6 heteroatoms. The van der Waals surface area contributed by atoms with Gasteiger partial charge in [0.05, 0.1) is 16.2 Å². The molecule has 0 saturated carbocycles. The minimum absolute atomic E-state index is 0.173. The largest absolute Gasteiger partial charge is 0.292 e. The summed E-state index contributed by atoms with van der Waals surface area (Å²) in [6.45, 7) is 5.75. The Bertz CT molecular complexity index is 381. The van der Waals surface area contributed by atoms with Gasteiger partial charge in [-0.2, -0.15) is 0 Å².